The van der Waals surface area contributed by atoms with E-state index in [0.29, 0.717) is 12.1 Å². The molecule has 20 heavy (non-hydrogen) atoms. The fourth-order valence-electron chi connectivity index (χ4n) is 1.36. The summed E-state index contributed by atoms with van der Waals surface area (Å²) in [6.07, 6.45) is 0. The van der Waals surface area contributed by atoms with Gasteiger partial charge < -0.3 is 14.9 Å². The lowest BCUT2D eigenvalue weighted by Crippen LogP contribution is -2.16. The molecule has 2 N–H and O–H groups in total. The van der Waals surface area contributed by atoms with Gasteiger partial charge in [0.15, 0.2) is 21.5 Å². The predicted octanol–water partition coefficient (Wildman–Crippen LogP) is 0.446. The average molecular weight is 310 g/mol. The highest BCUT2D eigenvalue weighted by Crippen LogP contribution is 2.21. The molecule has 0 spiro atoms. The first-order chi connectivity index (χ1) is 9.29. The maximum Gasteiger partial charge on any atom is 0.335 e. The molecule has 0 saturated heterocycles. The molecular formula is C11H12F2O6S. The van der Waals surface area contributed by atoms with Crippen molar-refractivity contribution in [1.29, 1.82) is 0 Å². The minimum Gasteiger partial charge on any atom is -0.478 e. The Morgan fingerprint density at radius 2 is 1.90 bits per heavy atom. The van der Waals surface area contributed by atoms with Crippen molar-refractivity contribution >= 4 is 15.8 Å². The Balaban J connectivity index is 3.07. The van der Waals surface area contributed by atoms with Gasteiger partial charge in [-0.05, 0) is 12.1 Å². The first kappa shape index (κ1) is 16.5. The van der Waals surface area contributed by atoms with Crippen LogP contribution in [0.25, 0.3) is 0 Å². The molecule has 0 aromatic heterocycles. The van der Waals surface area contributed by atoms with Gasteiger partial charge in [-0.2, -0.15) is 0 Å². The third-order valence-corrected chi connectivity index (χ3v) is 3.98. The molecular weight excluding hydrogens is 298 g/mol. The summed E-state index contributed by atoms with van der Waals surface area (Å²) in [6.45, 7) is -0.736. The van der Waals surface area contributed by atoms with Gasteiger partial charge in [-0.1, -0.05) is 0 Å². The van der Waals surface area contributed by atoms with Gasteiger partial charge in [0.1, 0.15) is 4.90 Å². The Morgan fingerprint density at radius 1 is 1.25 bits per heavy atom. The summed E-state index contributed by atoms with van der Waals surface area (Å²) in [6, 6.07) is 0.959. The molecule has 1 aromatic carbocycles. The van der Waals surface area contributed by atoms with E-state index in [1.807, 2.05) is 0 Å². The van der Waals surface area contributed by atoms with Gasteiger partial charge in [0.2, 0.25) is 0 Å². The quantitative estimate of drug-likeness (QED) is 0.709. The maximum atomic E-state index is 13.5. The van der Waals surface area contributed by atoms with E-state index in [1.165, 1.54) is 0 Å². The van der Waals surface area contributed by atoms with Gasteiger partial charge in [0.25, 0.3) is 0 Å². The minimum atomic E-state index is -4.23. The SMILES string of the molecule is O=C(O)c1cc(F)c(F)c(S(=O)(=O)CCOCCO)c1. The van der Waals surface area contributed by atoms with Gasteiger partial charge in [0, 0.05) is 0 Å². The van der Waals surface area contributed by atoms with Crippen LogP contribution in [0.5, 0.6) is 0 Å². The van der Waals surface area contributed by atoms with Crippen LogP contribution in [0.4, 0.5) is 8.78 Å². The average Bonchev–Trinajstić information content (AvgIpc) is 2.37. The molecule has 0 fully saturated rings. The van der Waals surface area contributed by atoms with Gasteiger partial charge in [-0.15, -0.1) is 0 Å². The van der Waals surface area contributed by atoms with Crippen molar-refractivity contribution in [2.75, 3.05) is 25.6 Å². The molecule has 0 atom stereocenters. The van der Waals surface area contributed by atoms with Crippen LogP contribution in [-0.4, -0.2) is 50.2 Å². The number of ether oxygens (including phenoxy) is 1. The lowest BCUT2D eigenvalue weighted by Gasteiger charge is -2.08. The summed E-state index contributed by atoms with van der Waals surface area (Å²) in [5, 5.41) is 17.1. The highest BCUT2D eigenvalue weighted by molar-refractivity contribution is 7.91. The van der Waals surface area contributed by atoms with Crippen molar-refractivity contribution in [2.45, 2.75) is 4.90 Å². The molecule has 0 unspecified atom stereocenters. The van der Waals surface area contributed by atoms with Crippen LogP contribution in [-0.2, 0) is 14.6 Å². The number of aliphatic hydroxyl groups is 1. The van der Waals surface area contributed by atoms with Crippen LogP contribution in [0, 0.1) is 11.6 Å². The number of hydrogen-bond donors (Lipinski definition) is 2. The first-order valence-corrected chi connectivity index (χ1v) is 7.08. The molecule has 0 heterocycles. The normalized spacial score (nSPS) is 11.6. The summed E-state index contributed by atoms with van der Waals surface area (Å²) < 4.78 is 55.0. The van der Waals surface area contributed by atoms with Crippen molar-refractivity contribution in [1.82, 2.24) is 0 Å². The largest absolute Gasteiger partial charge is 0.478 e. The zero-order valence-corrected chi connectivity index (χ0v) is 11.0. The number of halogens is 2. The number of sulfone groups is 1. The van der Waals surface area contributed by atoms with E-state index in [9.17, 15) is 22.0 Å². The second-order valence-corrected chi connectivity index (χ2v) is 5.81. The van der Waals surface area contributed by atoms with E-state index >= 15 is 0 Å². The molecule has 0 aliphatic heterocycles. The summed E-state index contributed by atoms with van der Waals surface area (Å²) in [5.74, 6) is -5.42. The maximum absolute atomic E-state index is 13.5. The number of aliphatic hydroxyl groups excluding tert-OH is 1. The van der Waals surface area contributed by atoms with Crippen molar-refractivity contribution in [3.8, 4) is 0 Å². The van der Waals surface area contributed by atoms with Crippen LogP contribution < -0.4 is 0 Å². The molecule has 1 aromatic rings. The van der Waals surface area contributed by atoms with Crippen LogP contribution in [0.3, 0.4) is 0 Å². The van der Waals surface area contributed by atoms with Crippen molar-refractivity contribution < 1.29 is 36.9 Å². The Kier molecular flexibility index (Phi) is 5.54. The molecule has 0 bridgehead atoms. The second-order valence-electron chi connectivity index (χ2n) is 3.73. The molecule has 1 rings (SSSR count). The summed E-state index contributed by atoms with van der Waals surface area (Å²) in [4.78, 5) is 9.68. The number of rotatable bonds is 7. The number of carboxylic acids is 1. The third kappa shape index (κ3) is 3.95. The number of carbonyl (C=O) groups is 1. The fraction of sp³-hybridized carbons (Fsp3) is 0.364. The Bertz CT molecular complexity index is 599. The predicted molar refractivity (Wildman–Crippen MR) is 63.3 cm³/mol. The molecule has 0 amide bonds. The molecule has 0 radical (unpaired) electrons. The topological polar surface area (TPSA) is 101 Å². The molecule has 0 aliphatic rings. The number of carboxylic acid groups (broad SMARTS) is 1. The van der Waals surface area contributed by atoms with E-state index in [2.05, 4.69) is 0 Å². The van der Waals surface area contributed by atoms with Gasteiger partial charge in [-0.3, -0.25) is 0 Å². The second kappa shape index (κ2) is 6.73. The van der Waals surface area contributed by atoms with Crippen LogP contribution in [0.1, 0.15) is 10.4 Å². The van der Waals surface area contributed by atoms with E-state index < -0.39 is 43.7 Å². The van der Waals surface area contributed by atoms with Crippen molar-refractivity contribution in [3.63, 3.8) is 0 Å². The Labute approximate surface area is 113 Å². The lowest BCUT2D eigenvalue weighted by atomic mass is 10.2. The summed E-state index contributed by atoms with van der Waals surface area (Å²) in [5.41, 5.74) is -0.668. The molecule has 112 valence electrons. The molecule has 0 saturated carbocycles. The van der Waals surface area contributed by atoms with Crippen LogP contribution in [0.15, 0.2) is 17.0 Å². The number of benzene rings is 1. The summed E-state index contributed by atoms with van der Waals surface area (Å²) >= 11 is 0. The zero-order chi connectivity index (χ0) is 15.3. The van der Waals surface area contributed by atoms with E-state index in [1.54, 1.807) is 0 Å². The van der Waals surface area contributed by atoms with Gasteiger partial charge in [-0.25, -0.2) is 22.0 Å². The standard InChI is InChI=1S/C11H12F2O6S/c12-8-5-7(11(15)16)6-9(10(8)13)20(17,18)4-3-19-2-1-14/h5-6,14H,1-4H2,(H,15,16). The first-order valence-electron chi connectivity index (χ1n) is 5.43. The number of hydrogen-bond acceptors (Lipinski definition) is 5. The third-order valence-electron chi connectivity index (χ3n) is 2.31. The summed E-state index contributed by atoms with van der Waals surface area (Å²) in [7, 11) is -4.23. The Morgan fingerprint density at radius 3 is 2.45 bits per heavy atom. The zero-order valence-electron chi connectivity index (χ0n) is 10.2. The highest BCUT2D eigenvalue weighted by Gasteiger charge is 2.24. The molecule has 9 heteroatoms. The highest BCUT2D eigenvalue weighted by atomic mass is 32.2. The lowest BCUT2D eigenvalue weighted by molar-refractivity contribution is 0.0696. The van der Waals surface area contributed by atoms with Gasteiger partial charge in [0.05, 0.1) is 31.1 Å². The smallest absolute Gasteiger partial charge is 0.335 e. The fourth-order valence-corrected chi connectivity index (χ4v) is 2.59. The van der Waals surface area contributed by atoms with Crippen LogP contribution >= 0.6 is 0 Å². The van der Waals surface area contributed by atoms with E-state index in [-0.39, 0.29) is 19.8 Å². The van der Waals surface area contributed by atoms with Crippen molar-refractivity contribution in [3.05, 3.63) is 29.3 Å². The number of aromatic carboxylic acids is 1. The molecule has 6 nitrogen and oxygen atoms in total. The van der Waals surface area contributed by atoms with E-state index in [4.69, 9.17) is 14.9 Å². The minimum absolute atomic E-state index is 0.0957. The van der Waals surface area contributed by atoms with Crippen molar-refractivity contribution in [2.24, 2.45) is 0 Å². The Hall–Kier alpha value is -1.58. The van der Waals surface area contributed by atoms with Gasteiger partial charge >= 0.3 is 5.97 Å². The molecule has 0 aliphatic carbocycles. The van der Waals surface area contributed by atoms with E-state index in [0.717, 1.165) is 0 Å². The van der Waals surface area contributed by atoms with Crippen LogP contribution in [0.2, 0.25) is 0 Å². The monoisotopic (exact) mass is 310 g/mol.